The van der Waals surface area contributed by atoms with E-state index in [9.17, 15) is 36.0 Å². The standard InChI is InChI=1S/C38H42F3N11O5S2/c1-50(59(2,56)57)33-29(43-15-16-44-33)21-45-32-28(38(39,40)41)20-46-37(49-32)47-24-4-6-25(7-5-24)51-17-12-23(13-18-51)42-14-11-22-3-8-26-27(19-22)36(58)52(35(26)55)30-9-10-31(53)48-34(30)54/h3-8,15-16,19-20,23,30,36,42,58H,9-14,17-18,21H2,1-2H3,(H,48,53,54)(H2,45,46,47,49). The summed E-state index contributed by atoms with van der Waals surface area (Å²) in [6.07, 6.45) is 2.48. The Kier molecular flexibility index (Phi) is 12.0. The van der Waals surface area contributed by atoms with Gasteiger partial charge in [-0.1, -0.05) is 12.1 Å². The fraction of sp³-hybridized carbons (Fsp3) is 0.395. The number of carbonyl (C=O) groups excluding carboxylic acids is 3. The molecule has 2 aromatic heterocycles. The van der Waals surface area contributed by atoms with Crippen LogP contribution in [0.2, 0.25) is 0 Å². The molecule has 0 radical (unpaired) electrons. The van der Waals surface area contributed by atoms with Crippen molar-refractivity contribution in [3.8, 4) is 0 Å². The second-order valence-electron chi connectivity index (χ2n) is 14.5. The van der Waals surface area contributed by atoms with Gasteiger partial charge in [0.05, 0.1) is 12.8 Å². The van der Waals surface area contributed by atoms with Crippen molar-refractivity contribution in [1.29, 1.82) is 0 Å². The highest BCUT2D eigenvalue weighted by Gasteiger charge is 2.43. The summed E-state index contributed by atoms with van der Waals surface area (Å²) in [6, 6.07) is 12.7. The summed E-state index contributed by atoms with van der Waals surface area (Å²) < 4.78 is 66.8. The molecule has 7 rings (SSSR count). The van der Waals surface area contributed by atoms with Crippen molar-refractivity contribution in [2.75, 3.05) is 52.8 Å². The number of fused-ring (bicyclic) bond motifs is 1. The summed E-state index contributed by atoms with van der Waals surface area (Å²) in [5.41, 5.74) is 2.87. The van der Waals surface area contributed by atoms with Crippen LogP contribution in [0.1, 0.15) is 63.8 Å². The average Bonchev–Trinajstić information content (AvgIpc) is 3.44. The smallest absolute Gasteiger partial charge is 0.371 e. The Hall–Kier alpha value is -5.54. The van der Waals surface area contributed by atoms with E-state index in [0.717, 1.165) is 66.3 Å². The minimum atomic E-state index is -4.77. The van der Waals surface area contributed by atoms with Gasteiger partial charge in [0.2, 0.25) is 27.8 Å². The number of amides is 3. The number of thiol groups is 1. The number of benzene rings is 2. The van der Waals surface area contributed by atoms with Gasteiger partial charge in [0, 0.05) is 68.1 Å². The quantitative estimate of drug-likeness (QED) is 0.0958. The van der Waals surface area contributed by atoms with E-state index in [1.54, 1.807) is 18.2 Å². The first-order valence-corrected chi connectivity index (χ1v) is 21.2. The molecule has 0 bridgehead atoms. The van der Waals surface area contributed by atoms with Gasteiger partial charge in [-0.2, -0.15) is 18.2 Å². The summed E-state index contributed by atoms with van der Waals surface area (Å²) in [5.74, 6) is -1.71. The van der Waals surface area contributed by atoms with E-state index >= 15 is 0 Å². The maximum absolute atomic E-state index is 13.9. The lowest BCUT2D eigenvalue weighted by Crippen LogP contribution is -2.53. The molecule has 2 saturated heterocycles. The number of hydrogen-bond acceptors (Lipinski definition) is 14. The molecule has 0 spiro atoms. The van der Waals surface area contributed by atoms with Crippen molar-refractivity contribution in [2.24, 2.45) is 0 Å². The van der Waals surface area contributed by atoms with Crippen LogP contribution < -0.4 is 30.5 Å². The number of alkyl halides is 3. The van der Waals surface area contributed by atoms with Gasteiger partial charge in [0.15, 0.2) is 5.82 Å². The van der Waals surface area contributed by atoms with Gasteiger partial charge in [0.1, 0.15) is 28.5 Å². The molecular weight excluding hydrogens is 812 g/mol. The summed E-state index contributed by atoms with van der Waals surface area (Å²) in [5, 5.41) is 11.0. The van der Waals surface area contributed by atoms with Crippen LogP contribution >= 0.6 is 12.6 Å². The van der Waals surface area contributed by atoms with Gasteiger partial charge >= 0.3 is 6.18 Å². The van der Waals surface area contributed by atoms with Gasteiger partial charge in [0.25, 0.3) is 5.91 Å². The first-order chi connectivity index (χ1) is 28.1. The maximum Gasteiger partial charge on any atom is 0.421 e. The fourth-order valence-corrected chi connectivity index (χ4v) is 8.28. The summed E-state index contributed by atoms with van der Waals surface area (Å²) >= 11 is 4.69. The molecule has 3 aliphatic rings. The monoisotopic (exact) mass is 853 g/mol. The molecule has 2 unspecified atom stereocenters. The van der Waals surface area contributed by atoms with Crippen LogP contribution in [0.15, 0.2) is 61.1 Å². The Morgan fingerprint density at radius 2 is 1.73 bits per heavy atom. The van der Waals surface area contributed by atoms with E-state index < -0.39 is 44.9 Å². The molecule has 3 amide bonds. The van der Waals surface area contributed by atoms with Crippen LogP contribution in [-0.2, 0) is 38.8 Å². The topological polar surface area (TPSA) is 195 Å². The van der Waals surface area contributed by atoms with Crippen LogP contribution in [0.3, 0.4) is 0 Å². The third-order valence-corrected chi connectivity index (χ3v) is 12.3. The number of halogens is 3. The predicted octanol–water partition coefficient (Wildman–Crippen LogP) is 4.03. The zero-order valence-electron chi connectivity index (χ0n) is 32.0. The lowest BCUT2D eigenvalue weighted by Gasteiger charge is -2.34. The number of rotatable bonds is 13. The van der Waals surface area contributed by atoms with E-state index in [-0.39, 0.29) is 48.7 Å². The Morgan fingerprint density at radius 3 is 2.42 bits per heavy atom. The van der Waals surface area contributed by atoms with Crippen molar-refractivity contribution in [1.82, 2.24) is 35.5 Å². The molecule has 2 atom stereocenters. The number of hydrogen-bond donors (Lipinski definition) is 5. The van der Waals surface area contributed by atoms with Crippen LogP contribution in [0, 0.1) is 0 Å². The lowest BCUT2D eigenvalue weighted by molar-refractivity contribution is -0.138. The van der Waals surface area contributed by atoms with Crippen LogP contribution in [0.4, 0.5) is 42.1 Å². The van der Waals surface area contributed by atoms with Crippen molar-refractivity contribution in [3.05, 3.63) is 89.0 Å². The number of carbonyl (C=O) groups is 3. The molecular formula is C38H42F3N11O5S2. The summed E-state index contributed by atoms with van der Waals surface area (Å²) in [6.45, 7) is 2.06. The van der Waals surface area contributed by atoms with E-state index in [0.29, 0.717) is 23.5 Å². The van der Waals surface area contributed by atoms with E-state index in [4.69, 9.17) is 12.6 Å². The number of piperidine rings is 2. The highest BCUT2D eigenvalue weighted by molar-refractivity contribution is 7.92. The van der Waals surface area contributed by atoms with Crippen LogP contribution in [-0.4, -0.2) is 96.0 Å². The van der Waals surface area contributed by atoms with Crippen LogP contribution in [0.25, 0.3) is 0 Å². The molecule has 2 aromatic carbocycles. The molecule has 312 valence electrons. The minimum Gasteiger partial charge on any atom is -0.371 e. The number of imide groups is 1. The Labute approximate surface area is 343 Å². The van der Waals surface area contributed by atoms with Crippen molar-refractivity contribution >= 4 is 69.3 Å². The van der Waals surface area contributed by atoms with Crippen LogP contribution in [0.5, 0.6) is 0 Å². The molecule has 0 aliphatic carbocycles. The van der Waals surface area contributed by atoms with E-state index in [2.05, 4.69) is 46.1 Å². The largest absolute Gasteiger partial charge is 0.421 e. The maximum atomic E-state index is 13.9. The molecule has 2 fully saturated rings. The van der Waals surface area contributed by atoms with Crippen molar-refractivity contribution in [3.63, 3.8) is 0 Å². The van der Waals surface area contributed by atoms with Gasteiger partial charge < -0.3 is 25.8 Å². The second-order valence-corrected chi connectivity index (χ2v) is 17.0. The average molecular weight is 854 g/mol. The lowest BCUT2D eigenvalue weighted by atomic mass is 10.0. The third-order valence-electron chi connectivity index (χ3n) is 10.6. The number of nitrogens with zero attached hydrogens (tertiary/aromatic N) is 7. The summed E-state index contributed by atoms with van der Waals surface area (Å²) in [4.78, 5) is 57.1. The first kappa shape index (κ1) is 41.6. The Bertz CT molecular complexity index is 2350. The van der Waals surface area contributed by atoms with E-state index in [1.807, 2.05) is 24.3 Å². The third kappa shape index (κ3) is 9.36. The van der Waals surface area contributed by atoms with Gasteiger partial charge in [-0.3, -0.25) is 29.0 Å². The number of nitrogens with one attached hydrogen (secondary N) is 4. The fourth-order valence-electron chi connectivity index (χ4n) is 7.34. The highest BCUT2D eigenvalue weighted by atomic mass is 32.2. The molecule has 3 aliphatic heterocycles. The normalized spacial score (nSPS) is 18.8. The molecule has 5 heterocycles. The van der Waals surface area contributed by atoms with E-state index in [1.165, 1.54) is 24.3 Å². The first-order valence-electron chi connectivity index (χ1n) is 18.8. The zero-order chi connectivity index (χ0) is 42.1. The van der Waals surface area contributed by atoms with Gasteiger partial charge in [-0.05, 0) is 73.7 Å². The van der Waals surface area contributed by atoms with Gasteiger partial charge in [-0.25, -0.2) is 18.4 Å². The highest BCUT2D eigenvalue weighted by Crippen LogP contribution is 2.40. The molecule has 4 N–H and O–H groups in total. The van der Waals surface area contributed by atoms with Crippen molar-refractivity contribution < 1.29 is 36.0 Å². The minimum absolute atomic E-state index is 0.0356. The Balaban J connectivity index is 0.905. The predicted molar refractivity (Wildman–Crippen MR) is 217 cm³/mol. The van der Waals surface area contributed by atoms with Gasteiger partial charge in [-0.15, -0.1) is 12.6 Å². The molecule has 59 heavy (non-hydrogen) atoms. The number of aromatic nitrogens is 4. The number of anilines is 5. The number of sulfonamides is 1. The Morgan fingerprint density at radius 1 is 1.00 bits per heavy atom. The van der Waals surface area contributed by atoms with Crippen molar-refractivity contribution in [2.45, 2.75) is 62.3 Å². The molecule has 0 saturated carbocycles. The molecule has 21 heteroatoms. The molecule has 4 aromatic rings. The second kappa shape index (κ2) is 17.0. The SMILES string of the molecule is CN(c1nccnc1CNc1nc(Nc2ccc(N3CCC(NCCc4ccc5c(c4)C(S)N(C4CCC(=O)NC4=O)C5=O)CC3)cc2)ncc1C(F)(F)F)S(C)(=O)=O. The summed E-state index contributed by atoms with van der Waals surface area (Å²) in [7, 11) is -2.44. The zero-order valence-corrected chi connectivity index (χ0v) is 33.7. The molecule has 16 nitrogen and oxygen atoms in total.